The molecule has 0 amide bonds. The molecule has 4 heteroatoms. The highest BCUT2D eigenvalue weighted by Crippen LogP contribution is 2.44. The predicted octanol–water partition coefficient (Wildman–Crippen LogP) is 7.61. The van der Waals surface area contributed by atoms with E-state index in [0.29, 0.717) is 0 Å². The Bertz CT molecular complexity index is 899. The van der Waals surface area contributed by atoms with Crippen LogP contribution in [0, 0.1) is 0 Å². The number of thiophene rings is 4. The van der Waals surface area contributed by atoms with Crippen LogP contribution in [-0.2, 0) is 0 Å². The first-order valence-electron chi connectivity index (χ1n) is 7.43. The first kappa shape index (κ1) is 15.8. The SMILES string of the molecule is C=C(C(=C(c1cccs1)c1cccs1)c1cccs1)c1cccs1. The van der Waals surface area contributed by atoms with E-state index < -0.39 is 0 Å². The fourth-order valence-corrected chi connectivity index (χ4v) is 5.78. The molecule has 4 rings (SSSR count). The molecule has 0 aromatic carbocycles. The Kier molecular flexibility index (Phi) is 4.63. The topological polar surface area (TPSA) is 0 Å². The summed E-state index contributed by atoms with van der Waals surface area (Å²) in [5, 5.41) is 8.53. The Morgan fingerprint density at radius 2 is 1.00 bits per heavy atom. The van der Waals surface area contributed by atoms with Crippen LogP contribution in [0.1, 0.15) is 19.5 Å². The van der Waals surface area contributed by atoms with Gasteiger partial charge in [-0.3, -0.25) is 0 Å². The van der Waals surface area contributed by atoms with Crippen molar-refractivity contribution < 1.29 is 0 Å². The van der Waals surface area contributed by atoms with Crippen LogP contribution in [0.25, 0.3) is 16.7 Å². The molecule has 0 nitrogen and oxygen atoms in total. The maximum absolute atomic E-state index is 4.46. The average molecular weight is 383 g/mol. The fraction of sp³-hybridized carbons (Fsp3) is 0. The molecule has 0 N–H and O–H groups in total. The summed E-state index contributed by atoms with van der Waals surface area (Å²) in [4.78, 5) is 5.08. The van der Waals surface area contributed by atoms with Gasteiger partial charge < -0.3 is 0 Å². The molecule has 0 fully saturated rings. The Labute approximate surface area is 157 Å². The van der Waals surface area contributed by atoms with Crippen molar-refractivity contribution in [1.29, 1.82) is 0 Å². The van der Waals surface area contributed by atoms with Crippen molar-refractivity contribution in [2.24, 2.45) is 0 Å². The van der Waals surface area contributed by atoms with Gasteiger partial charge in [-0.1, -0.05) is 30.8 Å². The van der Waals surface area contributed by atoms with Gasteiger partial charge in [0.25, 0.3) is 0 Å². The third-order valence-electron chi connectivity index (χ3n) is 3.67. The van der Waals surface area contributed by atoms with Gasteiger partial charge in [0.1, 0.15) is 0 Å². The highest BCUT2D eigenvalue weighted by molar-refractivity contribution is 7.15. The van der Waals surface area contributed by atoms with Crippen molar-refractivity contribution in [3.05, 3.63) is 96.1 Å². The lowest BCUT2D eigenvalue weighted by molar-refractivity contribution is 1.75. The van der Waals surface area contributed by atoms with Gasteiger partial charge in [-0.25, -0.2) is 0 Å². The zero-order valence-corrected chi connectivity index (χ0v) is 16.0. The van der Waals surface area contributed by atoms with Crippen molar-refractivity contribution in [2.75, 3.05) is 0 Å². The molecule has 0 unspecified atom stereocenters. The van der Waals surface area contributed by atoms with Gasteiger partial charge in [0.05, 0.1) is 0 Å². The van der Waals surface area contributed by atoms with Gasteiger partial charge in [0.2, 0.25) is 0 Å². The normalized spacial score (nSPS) is 10.7. The third kappa shape index (κ3) is 2.98. The van der Waals surface area contributed by atoms with E-state index in [1.54, 1.807) is 45.3 Å². The van der Waals surface area contributed by atoms with E-state index in [1.807, 2.05) is 0 Å². The highest BCUT2D eigenvalue weighted by atomic mass is 32.1. The van der Waals surface area contributed by atoms with E-state index in [1.165, 1.54) is 30.7 Å². The zero-order valence-electron chi connectivity index (χ0n) is 12.8. The van der Waals surface area contributed by atoms with Crippen molar-refractivity contribution in [3.8, 4) is 0 Å². The summed E-state index contributed by atoms with van der Waals surface area (Å²) in [5.41, 5.74) is 3.64. The van der Waals surface area contributed by atoms with Crippen LogP contribution in [-0.4, -0.2) is 0 Å². The monoisotopic (exact) mass is 382 g/mol. The summed E-state index contributed by atoms with van der Waals surface area (Å²) >= 11 is 7.09. The van der Waals surface area contributed by atoms with Crippen LogP contribution >= 0.6 is 45.3 Å². The summed E-state index contributed by atoms with van der Waals surface area (Å²) in [6.45, 7) is 4.46. The van der Waals surface area contributed by atoms with Crippen molar-refractivity contribution >= 4 is 62.1 Å². The second-order valence-corrected chi connectivity index (χ2v) is 8.93. The first-order valence-corrected chi connectivity index (χ1v) is 11.0. The first-order chi connectivity index (χ1) is 11.8. The van der Waals surface area contributed by atoms with E-state index in [0.717, 1.165) is 5.57 Å². The van der Waals surface area contributed by atoms with Gasteiger partial charge in [-0.15, -0.1) is 45.3 Å². The predicted molar refractivity (Wildman–Crippen MR) is 112 cm³/mol. The summed E-state index contributed by atoms with van der Waals surface area (Å²) in [5.74, 6) is 0. The van der Waals surface area contributed by atoms with Crippen molar-refractivity contribution in [2.45, 2.75) is 0 Å². The van der Waals surface area contributed by atoms with Crippen LogP contribution in [0.4, 0.5) is 0 Å². The van der Waals surface area contributed by atoms with Crippen LogP contribution in [0.3, 0.4) is 0 Å². The zero-order chi connectivity index (χ0) is 16.4. The summed E-state index contributed by atoms with van der Waals surface area (Å²) in [6.07, 6.45) is 0. The van der Waals surface area contributed by atoms with Crippen molar-refractivity contribution in [1.82, 2.24) is 0 Å². The molecule has 0 aliphatic carbocycles. The van der Waals surface area contributed by atoms with Crippen molar-refractivity contribution in [3.63, 3.8) is 0 Å². The lowest BCUT2D eigenvalue weighted by Crippen LogP contribution is -1.92. The third-order valence-corrected chi connectivity index (χ3v) is 7.26. The Hall–Kier alpha value is -1.72. The lowest BCUT2D eigenvalue weighted by Gasteiger charge is -2.14. The highest BCUT2D eigenvalue weighted by Gasteiger charge is 2.20. The van der Waals surface area contributed by atoms with Gasteiger partial charge in [0.15, 0.2) is 0 Å². The quantitative estimate of drug-likeness (QED) is 0.312. The molecular formula is C20H14S4. The van der Waals surface area contributed by atoms with Gasteiger partial charge in [-0.2, -0.15) is 0 Å². The molecule has 0 aliphatic rings. The minimum atomic E-state index is 1.10. The summed E-state index contributed by atoms with van der Waals surface area (Å²) < 4.78 is 0. The Morgan fingerprint density at radius 3 is 1.42 bits per heavy atom. The number of rotatable bonds is 5. The molecule has 0 spiro atoms. The molecule has 0 saturated carbocycles. The smallest absolute Gasteiger partial charge is 0.0363 e. The second kappa shape index (κ2) is 7.03. The Morgan fingerprint density at radius 1 is 0.583 bits per heavy atom. The van der Waals surface area contributed by atoms with Crippen LogP contribution in [0.2, 0.25) is 0 Å². The maximum Gasteiger partial charge on any atom is 0.0363 e. The number of hydrogen-bond donors (Lipinski definition) is 0. The number of hydrogen-bond acceptors (Lipinski definition) is 4. The molecule has 24 heavy (non-hydrogen) atoms. The van der Waals surface area contributed by atoms with E-state index in [9.17, 15) is 0 Å². The molecule has 118 valence electrons. The average Bonchev–Trinajstić information content (AvgIpc) is 3.42. The van der Waals surface area contributed by atoms with Crippen LogP contribution in [0.15, 0.2) is 76.6 Å². The fourth-order valence-electron chi connectivity index (χ4n) is 2.63. The van der Waals surface area contributed by atoms with Crippen LogP contribution in [0.5, 0.6) is 0 Å². The van der Waals surface area contributed by atoms with E-state index >= 15 is 0 Å². The molecule has 4 aromatic heterocycles. The molecule has 0 atom stereocenters. The van der Waals surface area contributed by atoms with Gasteiger partial charge >= 0.3 is 0 Å². The maximum atomic E-state index is 4.46. The molecule has 0 bridgehead atoms. The largest absolute Gasteiger partial charge is 0.144 e. The second-order valence-electron chi connectivity index (χ2n) is 5.14. The molecular weight excluding hydrogens is 368 g/mol. The van der Waals surface area contributed by atoms with E-state index in [-0.39, 0.29) is 0 Å². The molecule has 0 radical (unpaired) electrons. The van der Waals surface area contributed by atoms with E-state index in [4.69, 9.17) is 0 Å². The van der Waals surface area contributed by atoms with E-state index in [2.05, 4.69) is 76.6 Å². The molecule has 4 aromatic rings. The summed E-state index contributed by atoms with van der Waals surface area (Å²) in [7, 11) is 0. The van der Waals surface area contributed by atoms with Gasteiger partial charge in [-0.05, 0) is 51.4 Å². The number of allylic oxidation sites excluding steroid dienone is 2. The molecule has 0 aliphatic heterocycles. The lowest BCUT2D eigenvalue weighted by atomic mass is 9.96. The minimum Gasteiger partial charge on any atom is -0.144 e. The van der Waals surface area contributed by atoms with Gasteiger partial charge in [0, 0.05) is 30.7 Å². The minimum absolute atomic E-state index is 1.10. The van der Waals surface area contributed by atoms with Crippen LogP contribution < -0.4 is 0 Å². The summed E-state index contributed by atoms with van der Waals surface area (Å²) in [6, 6.07) is 17.2. The Balaban J connectivity index is 2.01. The molecule has 0 saturated heterocycles. The molecule has 4 heterocycles. The standard InChI is InChI=1S/C20H14S4/c1-14(15-6-2-10-21-15)19(16-7-3-11-22-16)20(17-8-4-12-23-17)18-9-5-13-24-18/h2-13H,1H2.